The molecule has 1 aliphatic heterocycles. The number of aromatic hydroxyl groups is 1. The molecule has 22 heavy (non-hydrogen) atoms. The van der Waals surface area contributed by atoms with E-state index in [1.807, 2.05) is 32.0 Å². The van der Waals surface area contributed by atoms with E-state index in [0.717, 1.165) is 22.3 Å². The summed E-state index contributed by atoms with van der Waals surface area (Å²) in [6.07, 6.45) is 3.51. The highest BCUT2D eigenvalue weighted by molar-refractivity contribution is 6.05. The Labute approximate surface area is 129 Å². The molecule has 0 bridgehead atoms. The van der Waals surface area contributed by atoms with Crippen molar-refractivity contribution in [2.24, 2.45) is 0 Å². The highest BCUT2D eigenvalue weighted by atomic mass is 16.5. The Morgan fingerprint density at radius 3 is 2.50 bits per heavy atom. The molecule has 0 radical (unpaired) electrons. The fourth-order valence-electron chi connectivity index (χ4n) is 2.37. The highest BCUT2D eigenvalue weighted by Gasteiger charge is 2.23. The quantitative estimate of drug-likeness (QED) is 0.672. The minimum Gasteiger partial charge on any atom is -0.508 e. The van der Waals surface area contributed by atoms with E-state index in [2.05, 4.69) is 0 Å². The Morgan fingerprint density at radius 1 is 1.05 bits per heavy atom. The van der Waals surface area contributed by atoms with E-state index in [1.165, 1.54) is 0 Å². The Kier molecular flexibility index (Phi) is 3.55. The largest absolute Gasteiger partial charge is 0.508 e. The van der Waals surface area contributed by atoms with E-state index < -0.39 is 0 Å². The highest BCUT2D eigenvalue weighted by Crippen LogP contribution is 2.30. The number of hydrogen-bond acceptors (Lipinski definition) is 3. The summed E-state index contributed by atoms with van der Waals surface area (Å²) in [5, 5.41) is 9.29. The van der Waals surface area contributed by atoms with Crippen molar-refractivity contribution in [3.63, 3.8) is 0 Å². The van der Waals surface area contributed by atoms with Crippen molar-refractivity contribution < 1.29 is 14.6 Å². The third-order valence-corrected chi connectivity index (χ3v) is 3.60. The summed E-state index contributed by atoms with van der Waals surface area (Å²) in [4.78, 5) is 12.0. The predicted octanol–water partition coefficient (Wildman–Crippen LogP) is 3.99. The lowest BCUT2D eigenvalue weighted by Crippen LogP contribution is -1.98. The van der Waals surface area contributed by atoms with Crippen LogP contribution in [0.2, 0.25) is 0 Å². The van der Waals surface area contributed by atoms with Crippen molar-refractivity contribution in [3.05, 3.63) is 76.4 Å². The van der Waals surface area contributed by atoms with Gasteiger partial charge in [0, 0.05) is 5.56 Å². The molecule has 2 aromatic carbocycles. The molecule has 3 nitrogen and oxygen atoms in total. The first kappa shape index (κ1) is 14.1. The van der Waals surface area contributed by atoms with Crippen molar-refractivity contribution in [2.45, 2.75) is 13.8 Å². The molecule has 1 N–H and O–H groups in total. The molecular formula is C19H16O3. The predicted molar refractivity (Wildman–Crippen MR) is 86.1 cm³/mol. The molecule has 0 saturated carbocycles. The first-order valence-corrected chi connectivity index (χ1v) is 7.05. The Balaban J connectivity index is 1.97. The number of carbonyl (C=O) groups is 1. The van der Waals surface area contributed by atoms with Crippen LogP contribution in [0.3, 0.4) is 0 Å². The minimum atomic E-state index is -0.357. The second-order valence-corrected chi connectivity index (χ2v) is 5.41. The molecule has 1 aliphatic rings. The second-order valence-electron chi connectivity index (χ2n) is 5.41. The van der Waals surface area contributed by atoms with E-state index >= 15 is 0 Å². The van der Waals surface area contributed by atoms with Gasteiger partial charge in [-0.1, -0.05) is 29.8 Å². The summed E-state index contributed by atoms with van der Waals surface area (Å²) in [6, 6.07) is 12.7. The van der Waals surface area contributed by atoms with Crippen LogP contribution < -0.4 is 0 Å². The zero-order chi connectivity index (χ0) is 15.7. The van der Waals surface area contributed by atoms with Gasteiger partial charge in [-0.25, -0.2) is 4.79 Å². The lowest BCUT2D eigenvalue weighted by Gasteiger charge is -2.06. The number of esters is 1. The molecule has 0 fully saturated rings. The molecule has 3 heteroatoms. The maximum Gasteiger partial charge on any atom is 0.343 e. The van der Waals surface area contributed by atoms with Crippen LogP contribution in [0.15, 0.2) is 54.1 Å². The molecule has 1 heterocycles. The van der Waals surface area contributed by atoms with Gasteiger partial charge in [-0.05, 0) is 55.3 Å². The van der Waals surface area contributed by atoms with Crippen molar-refractivity contribution in [3.8, 4) is 5.75 Å². The SMILES string of the molecule is Cc1ccc(C)c(C2=C/C(=C\c3ccc(O)cc3)C(=O)O2)c1. The van der Waals surface area contributed by atoms with Crippen LogP contribution in [0, 0.1) is 13.8 Å². The van der Waals surface area contributed by atoms with Crippen LogP contribution in [-0.4, -0.2) is 11.1 Å². The number of cyclic esters (lactones) is 1. The summed E-state index contributed by atoms with van der Waals surface area (Å²) in [5.41, 5.74) is 4.45. The Bertz CT molecular complexity index is 796. The van der Waals surface area contributed by atoms with E-state index in [-0.39, 0.29) is 11.7 Å². The normalized spacial score (nSPS) is 15.8. The molecule has 0 amide bonds. The van der Waals surface area contributed by atoms with Crippen LogP contribution in [0.25, 0.3) is 11.8 Å². The standard InChI is InChI=1S/C19H16O3/c1-12-3-4-13(2)17(9-12)18-11-15(19(21)22-18)10-14-5-7-16(20)8-6-14/h3-11,20H,1-2H3/b15-10+. The van der Waals surface area contributed by atoms with Crippen LogP contribution >= 0.6 is 0 Å². The maximum atomic E-state index is 12.0. The summed E-state index contributed by atoms with van der Waals surface area (Å²) in [7, 11) is 0. The molecule has 0 spiro atoms. The number of benzene rings is 2. The monoisotopic (exact) mass is 292 g/mol. The summed E-state index contributed by atoms with van der Waals surface area (Å²) >= 11 is 0. The molecular weight excluding hydrogens is 276 g/mol. The molecule has 0 aromatic heterocycles. The number of phenols is 1. The zero-order valence-corrected chi connectivity index (χ0v) is 12.5. The number of phenolic OH excluding ortho intramolecular Hbond substituents is 1. The first-order valence-electron chi connectivity index (χ1n) is 7.05. The van der Waals surface area contributed by atoms with E-state index in [0.29, 0.717) is 11.3 Å². The van der Waals surface area contributed by atoms with Crippen molar-refractivity contribution in [2.75, 3.05) is 0 Å². The fraction of sp³-hybridized carbons (Fsp3) is 0.105. The van der Waals surface area contributed by atoms with Gasteiger partial charge in [0.25, 0.3) is 0 Å². The lowest BCUT2D eigenvalue weighted by atomic mass is 10.0. The molecule has 110 valence electrons. The van der Waals surface area contributed by atoms with Gasteiger partial charge in [-0.3, -0.25) is 0 Å². The van der Waals surface area contributed by atoms with Gasteiger partial charge in [0.15, 0.2) is 0 Å². The van der Waals surface area contributed by atoms with Crippen LogP contribution in [-0.2, 0) is 9.53 Å². The van der Waals surface area contributed by atoms with Gasteiger partial charge in [0.05, 0.1) is 5.57 Å². The van der Waals surface area contributed by atoms with Crippen molar-refractivity contribution in [1.82, 2.24) is 0 Å². The second kappa shape index (κ2) is 5.53. The zero-order valence-electron chi connectivity index (χ0n) is 12.5. The van der Waals surface area contributed by atoms with E-state index in [4.69, 9.17) is 4.74 Å². The summed E-state index contributed by atoms with van der Waals surface area (Å²) in [6.45, 7) is 4.00. The smallest absolute Gasteiger partial charge is 0.343 e. The van der Waals surface area contributed by atoms with Gasteiger partial charge in [-0.2, -0.15) is 0 Å². The summed E-state index contributed by atoms with van der Waals surface area (Å²) in [5.74, 6) is 0.419. The van der Waals surface area contributed by atoms with E-state index in [1.54, 1.807) is 36.4 Å². The molecule has 0 atom stereocenters. The van der Waals surface area contributed by atoms with Crippen molar-refractivity contribution in [1.29, 1.82) is 0 Å². The summed E-state index contributed by atoms with van der Waals surface area (Å²) < 4.78 is 5.40. The van der Waals surface area contributed by atoms with Gasteiger partial charge in [0.2, 0.25) is 0 Å². The Hall–Kier alpha value is -2.81. The van der Waals surface area contributed by atoms with Crippen molar-refractivity contribution >= 4 is 17.8 Å². The molecule has 0 unspecified atom stereocenters. The average molecular weight is 292 g/mol. The average Bonchev–Trinajstić information content (AvgIpc) is 2.85. The Morgan fingerprint density at radius 2 is 1.77 bits per heavy atom. The number of aryl methyl sites for hydroxylation is 2. The molecule has 0 aliphatic carbocycles. The van der Waals surface area contributed by atoms with Crippen LogP contribution in [0.1, 0.15) is 22.3 Å². The maximum absolute atomic E-state index is 12.0. The fourth-order valence-corrected chi connectivity index (χ4v) is 2.37. The third kappa shape index (κ3) is 2.79. The third-order valence-electron chi connectivity index (χ3n) is 3.60. The van der Waals surface area contributed by atoms with Crippen LogP contribution in [0.4, 0.5) is 0 Å². The minimum absolute atomic E-state index is 0.197. The molecule has 2 aromatic rings. The topological polar surface area (TPSA) is 46.5 Å². The number of ether oxygens (including phenoxy) is 1. The first-order chi connectivity index (χ1) is 10.5. The number of carbonyl (C=O) groups excluding carboxylic acids is 1. The molecule has 3 rings (SSSR count). The molecule has 0 saturated heterocycles. The van der Waals surface area contributed by atoms with Crippen LogP contribution in [0.5, 0.6) is 5.75 Å². The number of hydrogen-bond donors (Lipinski definition) is 1. The van der Waals surface area contributed by atoms with Gasteiger partial charge < -0.3 is 9.84 Å². The van der Waals surface area contributed by atoms with E-state index in [9.17, 15) is 9.90 Å². The van der Waals surface area contributed by atoms with Gasteiger partial charge in [-0.15, -0.1) is 0 Å². The van der Waals surface area contributed by atoms with Gasteiger partial charge in [0.1, 0.15) is 11.5 Å². The lowest BCUT2D eigenvalue weighted by molar-refractivity contribution is -0.130. The number of rotatable bonds is 2. The van der Waals surface area contributed by atoms with Gasteiger partial charge >= 0.3 is 5.97 Å².